The predicted octanol–water partition coefficient (Wildman–Crippen LogP) is 6.45. The van der Waals surface area contributed by atoms with Crippen molar-refractivity contribution in [2.45, 2.75) is 30.5 Å². The molecule has 1 amide bonds. The van der Waals surface area contributed by atoms with E-state index in [2.05, 4.69) is 22.2 Å². The second-order valence-electron chi connectivity index (χ2n) is 6.50. The van der Waals surface area contributed by atoms with Crippen LogP contribution in [-0.4, -0.2) is 28.7 Å². The van der Waals surface area contributed by atoms with E-state index < -0.39 is 0 Å². The smallest absolute Gasteiger partial charge is 0.257 e. The van der Waals surface area contributed by atoms with Gasteiger partial charge in [-0.1, -0.05) is 42.9 Å². The molecule has 0 bridgehead atoms. The van der Waals surface area contributed by atoms with Gasteiger partial charge in [0.15, 0.2) is 9.47 Å². The molecule has 0 aliphatic rings. The number of hydrogen-bond acceptors (Lipinski definition) is 7. The van der Waals surface area contributed by atoms with Crippen molar-refractivity contribution >= 4 is 65.9 Å². The van der Waals surface area contributed by atoms with E-state index in [4.69, 9.17) is 4.74 Å². The molecule has 1 N–H and O–H groups in total. The molecule has 4 rings (SSSR count). The zero-order valence-corrected chi connectivity index (χ0v) is 18.7. The number of amides is 1. The van der Waals surface area contributed by atoms with Crippen molar-refractivity contribution in [1.82, 2.24) is 9.97 Å². The van der Waals surface area contributed by atoms with Crippen LogP contribution < -0.4 is 10.1 Å². The molecule has 2 aromatic heterocycles. The van der Waals surface area contributed by atoms with E-state index >= 15 is 0 Å². The Bertz CT molecular complexity index is 1140. The number of nitrogens with zero attached hydrogens (tertiary/aromatic N) is 2. The molecule has 0 spiro atoms. The van der Waals surface area contributed by atoms with Gasteiger partial charge in [0.1, 0.15) is 11.3 Å². The second-order valence-corrected chi connectivity index (χ2v) is 9.58. The number of carbonyl (C=O) groups excluding carboxylic acids is 1. The van der Waals surface area contributed by atoms with Gasteiger partial charge in [-0.2, -0.15) is 0 Å². The highest BCUT2D eigenvalue weighted by Gasteiger charge is 2.14. The van der Waals surface area contributed by atoms with E-state index in [0.717, 1.165) is 43.4 Å². The van der Waals surface area contributed by atoms with Gasteiger partial charge in [0, 0.05) is 5.56 Å². The van der Waals surface area contributed by atoms with Crippen molar-refractivity contribution in [3.8, 4) is 5.75 Å². The molecular formula is C21H21N3O2S3. The number of thiazole rings is 2. The first-order valence-corrected chi connectivity index (χ1v) is 12.3. The average molecular weight is 444 g/mol. The van der Waals surface area contributed by atoms with Crippen molar-refractivity contribution < 1.29 is 9.53 Å². The quantitative estimate of drug-likeness (QED) is 0.250. The number of benzene rings is 2. The molecule has 8 heteroatoms. The van der Waals surface area contributed by atoms with Crippen molar-refractivity contribution in [2.24, 2.45) is 0 Å². The fourth-order valence-electron chi connectivity index (χ4n) is 2.91. The number of fused-ring (bicyclic) bond motifs is 3. The van der Waals surface area contributed by atoms with E-state index in [1.807, 2.05) is 30.5 Å². The number of nitrogens with one attached hydrogen (secondary N) is 1. The Labute approximate surface area is 181 Å². The van der Waals surface area contributed by atoms with Gasteiger partial charge >= 0.3 is 0 Å². The topological polar surface area (TPSA) is 64.1 Å². The van der Waals surface area contributed by atoms with Crippen LogP contribution in [0.3, 0.4) is 0 Å². The molecule has 2 heterocycles. The highest BCUT2D eigenvalue weighted by molar-refractivity contribution is 8.00. The van der Waals surface area contributed by atoms with Gasteiger partial charge in [0.25, 0.3) is 5.91 Å². The molecule has 5 nitrogen and oxygen atoms in total. The molecular weight excluding hydrogens is 422 g/mol. The van der Waals surface area contributed by atoms with Gasteiger partial charge in [-0.05, 0) is 49.1 Å². The minimum Gasteiger partial charge on any atom is -0.494 e. The summed E-state index contributed by atoms with van der Waals surface area (Å²) in [7, 11) is 0. The van der Waals surface area contributed by atoms with Crippen LogP contribution >= 0.6 is 34.4 Å². The molecule has 0 saturated heterocycles. The van der Waals surface area contributed by atoms with Crippen molar-refractivity contribution in [1.29, 1.82) is 0 Å². The van der Waals surface area contributed by atoms with E-state index in [1.54, 1.807) is 35.2 Å². The van der Waals surface area contributed by atoms with Crippen molar-refractivity contribution in [3.63, 3.8) is 0 Å². The molecule has 0 saturated carbocycles. The molecule has 0 aliphatic carbocycles. The lowest BCUT2D eigenvalue weighted by Gasteiger charge is -2.06. The summed E-state index contributed by atoms with van der Waals surface area (Å²) in [6, 6.07) is 11.3. The summed E-state index contributed by atoms with van der Waals surface area (Å²) in [6.07, 6.45) is 5.39. The zero-order chi connectivity index (χ0) is 20.2. The van der Waals surface area contributed by atoms with Crippen LogP contribution in [0.25, 0.3) is 20.4 Å². The maximum atomic E-state index is 12.6. The summed E-state index contributed by atoms with van der Waals surface area (Å²) in [6.45, 7) is 2.87. The van der Waals surface area contributed by atoms with Gasteiger partial charge in [-0.25, -0.2) is 9.97 Å². The van der Waals surface area contributed by atoms with Gasteiger partial charge in [-0.3, -0.25) is 10.1 Å². The molecule has 0 radical (unpaired) electrons. The highest BCUT2D eigenvalue weighted by Crippen LogP contribution is 2.37. The maximum Gasteiger partial charge on any atom is 0.257 e. The number of rotatable bonds is 8. The van der Waals surface area contributed by atoms with E-state index in [0.29, 0.717) is 17.3 Å². The minimum atomic E-state index is -0.180. The van der Waals surface area contributed by atoms with Crippen LogP contribution in [-0.2, 0) is 0 Å². The Kier molecular flexibility index (Phi) is 6.32. The average Bonchev–Trinajstić information content (AvgIpc) is 3.34. The Hall–Kier alpha value is -2.16. The van der Waals surface area contributed by atoms with Gasteiger partial charge in [0.05, 0.1) is 21.5 Å². The highest BCUT2D eigenvalue weighted by atomic mass is 32.2. The monoisotopic (exact) mass is 443 g/mol. The Morgan fingerprint density at radius 1 is 1.10 bits per heavy atom. The van der Waals surface area contributed by atoms with Gasteiger partial charge in [-0.15, -0.1) is 11.3 Å². The Morgan fingerprint density at radius 2 is 1.93 bits per heavy atom. The number of unbranched alkanes of at least 4 members (excludes halogenated alkanes) is 2. The number of hydrogen-bond donors (Lipinski definition) is 1. The van der Waals surface area contributed by atoms with Gasteiger partial charge in [0.2, 0.25) is 0 Å². The predicted molar refractivity (Wildman–Crippen MR) is 124 cm³/mol. The number of carbonyl (C=O) groups is 1. The third-order valence-electron chi connectivity index (χ3n) is 4.42. The lowest BCUT2D eigenvalue weighted by atomic mass is 10.2. The summed E-state index contributed by atoms with van der Waals surface area (Å²) < 4.78 is 8.88. The van der Waals surface area contributed by atoms with Crippen LogP contribution in [0.15, 0.2) is 40.7 Å². The standard InChI is InChI=1S/C21H21N3O2S3/c1-3-4-5-12-26-14-8-6-13(7-9-14)19(25)24-20-22-15-10-11-16-17(18(15)29-20)23-21(27-2)28-16/h6-11H,3-5,12H2,1-2H3,(H,22,24,25). The minimum absolute atomic E-state index is 0.180. The van der Waals surface area contributed by atoms with Crippen LogP contribution in [0.2, 0.25) is 0 Å². The molecule has 150 valence electrons. The summed E-state index contributed by atoms with van der Waals surface area (Å²) >= 11 is 4.77. The lowest BCUT2D eigenvalue weighted by Crippen LogP contribution is -2.11. The molecule has 0 fully saturated rings. The Morgan fingerprint density at radius 3 is 2.69 bits per heavy atom. The normalized spacial score (nSPS) is 11.2. The third kappa shape index (κ3) is 4.55. The number of ether oxygens (including phenoxy) is 1. The van der Waals surface area contributed by atoms with Crippen LogP contribution in [0, 0.1) is 0 Å². The number of anilines is 1. The van der Waals surface area contributed by atoms with Crippen molar-refractivity contribution in [3.05, 3.63) is 42.0 Å². The van der Waals surface area contributed by atoms with Crippen LogP contribution in [0.4, 0.5) is 5.13 Å². The Balaban J connectivity index is 1.47. The first-order chi connectivity index (χ1) is 14.2. The zero-order valence-electron chi connectivity index (χ0n) is 16.2. The maximum absolute atomic E-state index is 12.6. The van der Waals surface area contributed by atoms with E-state index in [1.165, 1.54) is 17.8 Å². The fraction of sp³-hybridized carbons (Fsp3) is 0.286. The first kappa shape index (κ1) is 20.1. The first-order valence-electron chi connectivity index (χ1n) is 9.46. The largest absolute Gasteiger partial charge is 0.494 e. The van der Waals surface area contributed by atoms with Crippen LogP contribution in [0.1, 0.15) is 36.5 Å². The van der Waals surface area contributed by atoms with E-state index in [9.17, 15) is 4.79 Å². The summed E-state index contributed by atoms with van der Waals surface area (Å²) in [5.41, 5.74) is 2.39. The molecule has 0 atom stereocenters. The number of thioether (sulfide) groups is 1. The summed E-state index contributed by atoms with van der Waals surface area (Å²) in [4.78, 5) is 21.9. The van der Waals surface area contributed by atoms with Gasteiger partial charge < -0.3 is 4.74 Å². The number of aromatic nitrogens is 2. The molecule has 4 aromatic rings. The second kappa shape index (κ2) is 9.11. The summed E-state index contributed by atoms with van der Waals surface area (Å²) in [5.74, 6) is 0.606. The molecule has 0 aliphatic heterocycles. The SMILES string of the molecule is CCCCCOc1ccc(C(=O)Nc2nc3ccc4sc(SC)nc4c3s2)cc1. The lowest BCUT2D eigenvalue weighted by molar-refractivity contribution is 0.102. The molecule has 2 aromatic carbocycles. The summed E-state index contributed by atoms with van der Waals surface area (Å²) in [5, 5.41) is 3.49. The van der Waals surface area contributed by atoms with Crippen molar-refractivity contribution in [2.75, 3.05) is 18.2 Å². The molecule has 0 unspecified atom stereocenters. The fourth-order valence-corrected chi connectivity index (χ4v) is 5.42. The molecule has 29 heavy (non-hydrogen) atoms. The third-order valence-corrected chi connectivity index (χ3v) is 7.42. The van der Waals surface area contributed by atoms with E-state index in [-0.39, 0.29) is 5.91 Å². The van der Waals surface area contributed by atoms with Crippen LogP contribution in [0.5, 0.6) is 5.75 Å².